The lowest BCUT2D eigenvalue weighted by atomic mass is 10.1. The Kier molecular flexibility index (Phi) is 5.25. The van der Waals surface area contributed by atoms with E-state index in [2.05, 4.69) is 4.98 Å². The van der Waals surface area contributed by atoms with Crippen LogP contribution in [0, 0.1) is 0 Å². The van der Waals surface area contributed by atoms with Crippen molar-refractivity contribution in [1.82, 2.24) is 4.98 Å². The van der Waals surface area contributed by atoms with Crippen LogP contribution in [-0.4, -0.2) is 56.9 Å². The molecular formula is C17H19NO5S. The van der Waals surface area contributed by atoms with Gasteiger partial charge in [0.15, 0.2) is 5.44 Å². The van der Waals surface area contributed by atoms with E-state index in [1.165, 1.54) is 11.8 Å². The third kappa shape index (κ3) is 3.64. The fourth-order valence-electron chi connectivity index (χ4n) is 2.44. The van der Waals surface area contributed by atoms with E-state index in [-0.39, 0.29) is 0 Å². The monoisotopic (exact) mass is 349 g/mol. The Labute approximate surface area is 144 Å². The average Bonchev–Trinajstić information content (AvgIpc) is 2.62. The Morgan fingerprint density at radius 2 is 1.75 bits per heavy atom. The number of hydrogen-bond acceptors (Lipinski definition) is 7. The summed E-state index contributed by atoms with van der Waals surface area (Å²) in [5.74, 6) is 1.56. The van der Waals surface area contributed by atoms with Crippen molar-refractivity contribution in [3.63, 3.8) is 0 Å². The number of benzene rings is 1. The molecule has 2 heterocycles. The molecule has 0 saturated carbocycles. The molecule has 7 heteroatoms. The lowest BCUT2D eigenvalue weighted by Gasteiger charge is -2.34. The second-order valence-electron chi connectivity index (χ2n) is 5.51. The molecule has 0 radical (unpaired) electrons. The van der Waals surface area contributed by atoms with Crippen molar-refractivity contribution in [2.45, 2.75) is 23.7 Å². The van der Waals surface area contributed by atoms with Gasteiger partial charge in [-0.2, -0.15) is 0 Å². The Morgan fingerprint density at radius 1 is 1.00 bits per heavy atom. The highest BCUT2D eigenvalue weighted by atomic mass is 32.2. The summed E-state index contributed by atoms with van der Waals surface area (Å²) in [6.45, 7) is 0. The van der Waals surface area contributed by atoms with Crippen LogP contribution in [0.4, 0.5) is 0 Å². The van der Waals surface area contributed by atoms with Crippen molar-refractivity contribution in [3.05, 3.63) is 42.7 Å². The molecule has 0 bridgehead atoms. The Bertz CT molecular complexity index is 681. The summed E-state index contributed by atoms with van der Waals surface area (Å²) in [5.41, 5.74) is 1.17. The summed E-state index contributed by atoms with van der Waals surface area (Å²) in [6.07, 6.45) is -0.0546. The lowest BCUT2D eigenvalue weighted by molar-refractivity contribution is -0.0786. The summed E-state index contributed by atoms with van der Waals surface area (Å²) in [7, 11) is 1.61. The first kappa shape index (κ1) is 17.0. The van der Waals surface area contributed by atoms with E-state index in [4.69, 9.17) is 9.47 Å². The molecule has 0 aliphatic carbocycles. The van der Waals surface area contributed by atoms with Gasteiger partial charge in [0.1, 0.15) is 23.7 Å². The zero-order valence-corrected chi connectivity index (χ0v) is 13.9. The maximum atomic E-state index is 10.0. The highest BCUT2D eigenvalue weighted by Crippen LogP contribution is 2.31. The normalized spacial score (nSPS) is 26.8. The summed E-state index contributed by atoms with van der Waals surface area (Å²) in [4.78, 5) is 4.17. The SMILES string of the molecule is COc1ccc(-c2cncc(O[C@H]3SC[C@@H](O)[C@H](O)[C@H]3O)c2)cc1. The number of ether oxygens (including phenoxy) is 2. The summed E-state index contributed by atoms with van der Waals surface area (Å²) < 4.78 is 10.9. The molecule has 1 aromatic carbocycles. The van der Waals surface area contributed by atoms with E-state index in [1.807, 2.05) is 30.3 Å². The number of hydrogen-bond donors (Lipinski definition) is 3. The van der Waals surface area contributed by atoms with Crippen molar-refractivity contribution in [3.8, 4) is 22.6 Å². The number of rotatable bonds is 4. The number of methoxy groups -OCH3 is 1. The number of thioether (sulfide) groups is 1. The molecule has 0 amide bonds. The van der Waals surface area contributed by atoms with E-state index in [0.717, 1.165) is 16.9 Å². The quantitative estimate of drug-likeness (QED) is 0.766. The van der Waals surface area contributed by atoms with Gasteiger partial charge in [0.25, 0.3) is 0 Å². The van der Waals surface area contributed by atoms with Gasteiger partial charge in [-0.1, -0.05) is 12.1 Å². The summed E-state index contributed by atoms with van der Waals surface area (Å²) in [5, 5.41) is 29.3. The van der Waals surface area contributed by atoms with Crippen LogP contribution in [0.15, 0.2) is 42.7 Å². The van der Waals surface area contributed by atoms with E-state index in [9.17, 15) is 15.3 Å². The van der Waals surface area contributed by atoms with Crippen LogP contribution in [-0.2, 0) is 0 Å². The first-order valence-corrected chi connectivity index (χ1v) is 8.55. The molecule has 128 valence electrons. The van der Waals surface area contributed by atoms with Crippen LogP contribution in [0.2, 0.25) is 0 Å². The number of aromatic nitrogens is 1. The van der Waals surface area contributed by atoms with E-state index in [1.54, 1.807) is 19.5 Å². The molecule has 0 unspecified atom stereocenters. The molecule has 3 rings (SSSR count). The fourth-order valence-corrected chi connectivity index (χ4v) is 3.56. The van der Waals surface area contributed by atoms with E-state index < -0.39 is 23.7 Å². The van der Waals surface area contributed by atoms with Crippen molar-refractivity contribution in [1.29, 1.82) is 0 Å². The molecule has 1 fully saturated rings. The summed E-state index contributed by atoms with van der Waals surface area (Å²) >= 11 is 1.26. The van der Waals surface area contributed by atoms with Crippen LogP contribution in [0.3, 0.4) is 0 Å². The van der Waals surface area contributed by atoms with Gasteiger partial charge < -0.3 is 24.8 Å². The minimum atomic E-state index is -1.21. The van der Waals surface area contributed by atoms with Crippen LogP contribution in [0.1, 0.15) is 0 Å². The number of pyridine rings is 1. The lowest BCUT2D eigenvalue weighted by Crippen LogP contribution is -2.50. The number of aliphatic hydroxyl groups excluding tert-OH is 3. The van der Waals surface area contributed by atoms with Gasteiger partial charge in [-0.15, -0.1) is 11.8 Å². The second kappa shape index (κ2) is 7.40. The van der Waals surface area contributed by atoms with Crippen LogP contribution in [0.25, 0.3) is 11.1 Å². The van der Waals surface area contributed by atoms with Gasteiger partial charge >= 0.3 is 0 Å². The highest BCUT2D eigenvalue weighted by molar-refractivity contribution is 7.99. The predicted molar refractivity (Wildman–Crippen MR) is 91.1 cm³/mol. The van der Waals surface area contributed by atoms with Gasteiger partial charge in [-0.3, -0.25) is 4.98 Å². The molecule has 0 spiro atoms. The molecule has 1 aromatic heterocycles. The predicted octanol–water partition coefficient (Wildman–Crippen LogP) is 1.29. The Balaban J connectivity index is 1.75. The Morgan fingerprint density at radius 3 is 2.46 bits per heavy atom. The van der Waals surface area contributed by atoms with Crippen molar-refractivity contribution in [2.24, 2.45) is 0 Å². The Hall–Kier alpha value is -1.80. The maximum Gasteiger partial charge on any atom is 0.173 e. The molecule has 2 aromatic rings. The average molecular weight is 349 g/mol. The molecule has 4 atom stereocenters. The minimum absolute atomic E-state index is 0.300. The molecule has 3 N–H and O–H groups in total. The number of nitrogens with zero attached hydrogens (tertiary/aromatic N) is 1. The fraction of sp³-hybridized carbons (Fsp3) is 0.353. The van der Waals surface area contributed by atoms with Gasteiger partial charge in [-0.05, 0) is 23.8 Å². The first-order valence-electron chi connectivity index (χ1n) is 7.50. The van der Waals surface area contributed by atoms with Crippen LogP contribution >= 0.6 is 11.8 Å². The van der Waals surface area contributed by atoms with Crippen molar-refractivity contribution < 1.29 is 24.8 Å². The molecule has 1 saturated heterocycles. The van der Waals surface area contributed by atoms with E-state index in [0.29, 0.717) is 11.5 Å². The molecule has 1 aliphatic heterocycles. The molecule has 1 aliphatic rings. The largest absolute Gasteiger partial charge is 0.497 e. The van der Waals surface area contributed by atoms with Gasteiger partial charge in [-0.25, -0.2) is 0 Å². The second-order valence-corrected chi connectivity index (χ2v) is 6.64. The zero-order valence-electron chi connectivity index (χ0n) is 13.1. The maximum absolute atomic E-state index is 10.0. The van der Waals surface area contributed by atoms with Crippen molar-refractivity contribution in [2.75, 3.05) is 12.9 Å². The van der Waals surface area contributed by atoms with Crippen LogP contribution in [0.5, 0.6) is 11.5 Å². The molecular weight excluding hydrogens is 330 g/mol. The first-order chi connectivity index (χ1) is 11.6. The summed E-state index contributed by atoms with van der Waals surface area (Å²) in [6, 6.07) is 9.39. The topological polar surface area (TPSA) is 92.0 Å². The van der Waals surface area contributed by atoms with Gasteiger partial charge in [0.05, 0.1) is 19.4 Å². The minimum Gasteiger partial charge on any atom is -0.497 e. The standard InChI is InChI=1S/C17H19NO5S/c1-22-12-4-2-10(3-5-12)11-6-13(8-18-7-11)23-17-16(21)15(20)14(19)9-24-17/h2-8,14-17,19-21H,9H2,1H3/t14-,15+,16-,17+/m1/s1. The van der Waals surface area contributed by atoms with Gasteiger partial charge in [0, 0.05) is 17.5 Å². The third-order valence-corrected chi connectivity index (χ3v) is 5.08. The van der Waals surface area contributed by atoms with Crippen LogP contribution < -0.4 is 9.47 Å². The van der Waals surface area contributed by atoms with Crippen molar-refractivity contribution >= 4 is 11.8 Å². The smallest absolute Gasteiger partial charge is 0.173 e. The number of aliphatic hydroxyl groups is 3. The van der Waals surface area contributed by atoms with Gasteiger partial charge in [0.2, 0.25) is 0 Å². The molecule has 6 nitrogen and oxygen atoms in total. The third-order valence-electron chi connectivity index (χ3n) is 3.84. The molecule has 24 heavy (non-hydrogen) atoms. The zero-order chi connectivity index (χ0) is 17.1. The van der Waals surface area contributed by atoms with E-state index >= 15 is 0 Å². The highest BCUT2D eigenvalue weighted by Gasteiger charge is 2.38.